The van der Waals surface area contributed by atoms with E-state index >= 15 is 0 Å². The minimum atomic E-state index is -0.139. The van der Waals surface area contributed by atoms with Crippen molar-refractivity contribution in [3.8, 4) is 0 Å². The van der Waals surface area contributed by atoms with E-state index in [0.29, 0.717) is 24.6 Å². The number of benzene rings is 2. The Balaban J connectivity index is 1.46. The number of carbonyl (C=O) groups excluding carboxylic acids is 1. The lowest BCUT2D eigenvalue weighted by Gasteiger charge is -2.17. The van der Waals surface area contributed by atoms with E-state index in [1.807, 2.05) is 48.3 Å². The largest absolute Gasteiger partial charge is 0.352 e. The average molecular weight is 360 g/mol. The number of hydrogen-bond donors (Lipinski definition) is 1. The molecule has 0 radical (unpaired) electrons. The third kappa shape index (κ3) is 5.64. The molecule has 0 spiro atoms. The molecule has 3 aromatic rings. The summed E-state index contributed by atoms with van der Waals surface area (Å²) in [5, 5.41) is 2.93. The van der Waals surface area contributed by atoms with E-state index in [1.165, 1.54) is 11.1 Å². The Morgan fingerprint density at radius 2 is 1.52 bits per heavy atom. The highest BCUT2D eigenvalue weighted by Gasteiger charge is 2.09. The number of nitrogens with zero attached hydrogens (tertiary/aromatic N) is 3. The smallest absolute Gasteiger partial charge is 0.254 e. The molecule has 0 fully saturated rings. The molecule has 27 heavy (non-hydrogen) atoms. The molecule has 138 valence electrons. The summed E-state index contributed by atoms with van der Waals surface area (Å²) in [6, 6.07) is 20.4. The zero-order chi connectivity index (χ0) is 18.9. The molecule has 0 atom stereocenters. The van der Waals surface area contributed by atoms with E-state index in [0.717, 1.165) is 12.8 Å². The maximum Gasteiger partial charge on any atom is 0.254 e. The second kappa shape index (κ2) is 9.48. The molecule has 2 aromatic carbocycles. The van der Waals surface area contributed by atoms with Crippen LogP contribution in [0.4, 0.5) is 5.95 Å². The van der Waals surface area contributed by atoms with Crippen molar-refractivity contribution < 1.29 is 4.79 Å². The van der Waals surface area contributed by atoms with Crippen LogP contribution in [-0.2, 0) is 13.0 Å². The quantitative estimate of drug-likeness (QED) is 0.625. The van der Waals surface area contributed by atoms with Gasteiger partial charge in [0.1, 0.15) is 0 Å². The number of amides is 1. The molecule has 0 bridgehead atoms. The summed E-state index contributed by atoms with van der Waals surface area (Å²) in [6.45, 7) is 1.34. The van der Waals surface area contributed by atoms with Gasteiger partial charge >= 0.3 is 0 Å². The van der Waals surface area contributed by atoms with Crippen LogP contribution in [-0.4, -0.2) is 29.5 Å². The standard InChI is InChI=1S/C22H24N4O/c1-26(17-19-11-6-3-7-12-19)22-24-15-20(16-25-22)21(27)23-14-8-13-18-9-4-2-5-10-18/h2-7,9-12,15-16H,8,13-14,17H2,1H3,(H,23,27). The molecule has 5 heteroatoms. The first kappa shape index (κ1) is 18.6. The van der Waals surface area contributed by atoms with Gasteiger partial charge in [-0.05, 0) is 24.0 Å². The first-order chi connectivity index (χ1) is 13.2. The average Bonchev–Trinajstić information content (AvgIpc) is 2.72. The van der Waals surface area contributed by atoms with Crippen molar-refractivity contribution in [3.05, 3.63) is 89.7 Å². The zero-order valence-electron chi connectivity index (χ0n) is 15.5. The highest BCUT2D eigenvalue weighted by Crippen LogP contribution is 2.10. The predicted molar refractivity (Wildman–Crippen MR) is 108 cm³/mol. The molecule has 3 rings (SSSR count). The third-order valence-corrected chi connectivity index (χ3v) is 4.28. The summed E-state index contributed by atoms with van der Waals surface area (Å²) in [5.74, 6) is 0.458. The van der Waals surface area contributed by atoms with Gasteiger partial charge in [-0.15, -0.1) is 0 Å². The SMILES string of the molecule is CN(Cc1ccccc1)c1ncc(C(=O)NCCCc2ccccc2)cn1. The normalized spacial score (nSPS) is 10.4. The molecule has 1 heterocycles. The highest BCUT2D eigenvalue weighted by atomic mass is 16.1. The summed E-state index contributed by atoms with van der Waals surface area (Å²) >= 11 is 0. The van der Waals surface area contributed by atoms with Gasteiger partial charge in [0.05, 0.1) is 5.56 Å². The van der Waals surface area contributed by atoms with Crippen molar-refractivity contribution >= 4 is 11.9 Å². The van der Waals surface area contributed by atoms with Crippen LogP contribution in [0.25, 0.3) is 0 Å². The Morgan fingerprint density at radius 1 is 0.926 bits per heavy atom. The van der Waals surface area contributed by atoms with Crippen molar-refractivity contribution in [2.24, 2.45) is 0 Å². The predicted octanol–water partition coefficient (Wildman–Crippen LogP) is 3.48. The number of nitrogens with one attached hydrogen (secondary N) is 1. The van der Waals surface area contributed by atoms with Crippen molar-refractivity contribution in [1.82, 2.24) is 15.3 Å². The second-order valence-corrected chi connectivity index (χ2v) is 6.46. The van der Waals surface area contributed by atoms with Gasteiger partial charge in [0.2, 0.25) is 5.95 Å². The number of carbonyl (C=O) groups is 1. The van der Waals surface area contributed by atoms with Gasteiger partial charge in [-0.1, -0.05) is 60.7 Å². The van der Waals surface area contributed by atoms with Gasteiger partial charge < -0.3 is 10.2 Å². The van der Waals surface area contributed by atoms with Gasteiger partial charge in [0.25, 0.3) is 5.91 Å². The summed E-state index contributed by atoms with van der Waals surface area (Å²) in [6.07, 6.45) is 5.00. The summed E-state index contributed by atoms with van der Waals surface area (Å²) in [4.78, 5) is 22.8. The van der Waals surface area contributed by atoms with E-state index in [2.05, 4.69) is 39.6 Å². The van der Waals surface area contributed by atoms with Crippen LogP contribution in [0.5, 0.6) is 0 Å². The lowest BCUT2D eigenvalue weighted by atomic mass is 10.1. The van der Waals surface area contributed by atoms with Crippen LogP contribution in [0.1, 0.15) is 27.9 Å². The summed E-state index contributed by atoms with van der Waals surface area (Å²) in [5.41, 5.74) is 2.94. The van der Waals surface area contributed by atoms with Crippen molar-refractivity contribution in [3.63, 3.8) is 0 Å². The minimum absolute atomic E-state index is 0.139. The van der Waals surface area contributed by atoms with Crippen LogP contribution in [0.3, 0.4) is 0 Å². The van der Waals surface area contributed by atoms with Crippen LogP contribution in [0.2, 0.25) is 0 Å². The van der Waals surface area contributed by atoms with Gasteiger partial charge in [0.15, 0.2) is 0 Å². The van der Waals surface area contributed by atoms with Crippen molar-refractivity contribution in [1.29, 1.82) is 0 Å². The van der Waals surface area contributed by atoms with E-state index in [4.69, 9.17) is 0 Å². The van der Waals surface area contributed by atoms with Crippen molar-refractivity contribution in [2.45, 2.75) is 19.4 Å². The maximum absolute atomic E-state index is 12.2. The molecular formula is C22H24N4O. The second-order valence-electron chi connectivity index (χ2n) is 6.46. The molecule has 0 saturated carbocycles. The first-order valence-electron chi connectivity index (χ1n) is 9.11. The molecular weight excluding hydrogens is 336 g/mol. The van der Waals surface area contributed by atoms with E-state index in [-0.39, 0.29) is 5.91 Å². The fraction of sp³-hybridized carbons (Fsp3) is 0.227. The molecule has 0 unspecified atom stereocenters. The Kier molecular flexibility index (Phi) is 6.52. The lowest BCUT2D eigenvalue weighted by Crippen LogP contribution is -2.25. The fourth-order valence-corrected chi connectivity index (χ4v) is 2.80. The number of aryl methyl sites for hydroxylation is 1. The zero-order valence-corrected chi connectivity index (χ0v) is 15.5. The van der Waals surface area contributed by atoms with Gasteiger partial charge in [0, 0.05) is 32.5 Å². The first-order valence-corrected chi connectivity index (χ1v) is 9.11. The number of aromatic nitrogens is 2. The van der Waals surface area contributed by atoms with Crippen LogP contribution in [0.15, 0.2) is 73.1 Å². The number of rotatable bonds is 8. The number of anilines is 1. The molecule has 0 aliphatic carbocycles. The van der Waals surface area contributed by atoms with Gasteiger partial charge in [-0.3, -0.25) is 4.79 Å². The number of hydrogen-bond acceptors (Lipinski definition) is 4. The van der Waals surface area contributed by atoms with Gasteiger partial charge in [-0.25, -0.2) is 9.97 Å². The Morgan fingerprint density at radius 3 is 2.15 bits per heavy atom. The Labute approximate surface area is 160 Å². The molecule has 5 nitrogen and oxygen atoms in total. The molecule has 1 aromatic heterocycles. The summed E-state index contributed by atoms with van der Waals surface area (Å²) in [7, 11) is 1.94. The van der Waals surface area contributed by atoms with Gasteiger partial charge in [-0.2, -0.15) is 0 Å². The van der Waals surface area contributed by atoms with Crippen molar-refractivity contribution in [2.75, 3.05) is 18.5 Å². The maximum atomic E-state index is 12.2. The topological polar surface area (TPSA) is 58.1 Å². The van der Waals surface area contributed by atoms with Crippen LogP contribution < -0.4 is 10.2 Å². The lowest BCUT2D eigenvalue weighted by molar-refractivity contribution is 0.0952. The third-order valence-electron chi connectivity index (χ3n) is 4.28. The molecule has 1 amide bonds. The van der Waals surface area contributed by atoms with E-state index in [9.17, 15) is 4.79 Å². The minimum Gasteiger partial charge on any atom is -0.352 e. The molecule has 0 aliphatic heterocycles. The monoisotopic (exact) mass is 360 g/mol. The highest BCUT2D eigenvalue weighted by molar-refractivity contribution is 5.93. The molecule has 0 saturated heterocycles. The van der Waals surface area contributed by atoms with Crippen LogP contribution in [0, 0.1) is 0 Å². The van der Waals surface area contributed by atoms with E-state index in [1.54, 1.807) is 12.4 Å². The van der Waals surface area contributed by atoms with E-state index < -0.39 is 0 Å². The molecule has 1 N–H and O–H groups in total. The Bertz CT molecular complexity index is 835. The fourth-order valence-electron chi connectivity index (χ4n) is 2.80. The Hall–Kier alpha value is -3.21. The molecule has 0 aliphatic rings. The summed E-state index contributed by atoms with van der Waals surface area (Å²) < 4.78 is 0. The van der Waals surface area contributed by atoms with Crippen LogP contribution >= 0.6 is 0 Å².